The van der Waals surface area contributed by atoms with Crippen molar-refractivity contribution in [1.29, 1.82) is 0 Å². The zero-order chi connectivity index (χ0) is 18.7. The maximum Gasteiger partial charge on any atom is 0.227 e. The molecule has 138 valence electrons. The monoisotopic (exact) mass is 381 g/mol. The second-order valence-corrected chi connectivity index (χ2v) is 7.30. The van der Waals surface area contributed by atoms with Crippen LogP contribution in [0.3, 0.4) is 0 Å². The van der Waals surface area contributed by atoms with Crippen molar-refractivity contribution in [3.05, 3.63) is 71.1 Å². The van der Waals surface area contributed by atoms with E-state index < -0.39 is 0 Å². The first-order chi connectivity index (χ1) is 13.1. The van der Waals surface area contributed by atoms with Crippen molar-refractivity contribution in [3.63, 3.8) is 0 Å². The predicted octanol–water partition coefficient (Wildman–Crippen LogP) is 4.52. The summed E-state index contributed by atoms with van der Waals surface area (Å²) in [4.78, 5) is 16.9. The highest BCUT2D eigenvalue weighted by Gasteiger charge is 2.39. The Morgan fingerprint density at radius 3 is 2.52 bits per heavy atom. The topological polar surface area (TPSA) is 68.0 Å². The quantitative estimate of drug-likeness (QED) is 0.681. The number of halogens is 1. The molecular formula is C21H20ClN3O2. The molecule has 0 atom stereocenters. The van der Waals surface area contributed by atoms with Crippen LogP contribution >= 0.6 is 11.6 Å². The van der Waals surface area contributed by atoms with Gasteiger partial charge >= 0.3 is 0 Å². The summed E-state index contributed by atoms with van der Waals surface area (Å²) in [6.07, 6.45) is 3.81. The summed E-state index contributed by atoms with van der Waals surface area (Å²) >= 11 is 5.89. The molecule has 1 fully saturated rings. The van der Waals surface area contributed by atoms with E-state index in [0.29, 0.717) is 29.6 Å². The van der Waals surface area contributed by atoms with E-state index in [9.17, 15) is 4.79 Å². The van der Waals surface area contributed by atoms with Gasteiger partial charge in [0.05, 0.1) is 5.54 Å². The molecule has 1 aromatic heterocycles. The molecule has 6 heteroatoms. The van der Waals surface area contributed by atoms with Crippen LogP contribution in [0.5, 0.6) is 0 Å². The standard InChI is InChI=1S/C21H20ClN3O2/c22-17-9-7-15(8-10-17)20-23-19(27-25-20)12-11-18(26)24-21(13-4-14-21)16-5-2-1-3-6-16/h1-3,5-10H,4,11-14H2,(H,24,26). The van der Waals surface area contributed by atoms with E-state index in [1.54, 1.807) is 12.1 Å². The van der Waals surface area contributed by atoms with Crippen molar-refractivity contribution >= 4 is 17.5 Å². The van der Waals surface area contributed by atoms with Crippen LogP contribution in [0.2, 0.25) is 5.02 Å². The SMILES string of the molecule is O=C(CCc1nc(-c2ccc(Cl)cc2)no1)NC1(c2ccccc2)CCC1. The van der Waals surface area contributed by atoms with Gasteiger partial charge in [-0.15, -0.1) is 0 Å². The highest BCUT2D eigenvalue weighted by atomic mass is 35.5. The van der Waals surface area contributed by atoms with E-state index in [4.69, 9.17) is 16.1 Å². The van der Waals surface area contributed by atoms with Crippen molar-refractivity contribution in [2.45, 2.75) is 37.6 Å². The first-order valence-corrected chi connectivity index (χ1v) is 9.47. The van der Waals surface area contributed by atoms with Crippen molar-refractivity contribution in [2.75, 3.05) is 0 Å². The number of benzene rings is 2. The number of carbonyl (C=O) groups is 1. The molecule has 2 aromatic carbocycles. The Balaban J connectivity index is 1.36. The molecule has 27 heavy (non-hydrogen) atoms. The zero-order valence-corrected chi connectivity index (χ0v) is 15.6. The summed E-state index contributed by atoms with van der Waals surface area (Å²) in [5.41, 5.74) is 1.78. The Labute approximate surface area is 162 Å². The third kappa shape index (κ3) is 3.88. The van der Waals surface area contributed by atoms with Gasteiger partial charge in [-0.1, -0.05) is 47.1 Å². The van der Waals surface area contributed by atoms with Crippen molar-refractivity contribution in [1.82, 2.24) is 15.5 Å². The van der Waals surface area contributed by atoms with Crippen LogP contribution in [-0.2, 0) is 16.8 Å². The minimum atomic E-state index is -0.221. The van der Waals surface area contributed by atoms with Crippen LogP contribution in [0.4, 0.5) is 0 Å². The van der Waals surface area contributed by atoms with Gasteiger partial charge in [0, 0.05) is 23.4 Å². The van der Waals surface area contributed by atoms with Crippen molar-refractivity contribution in [3.8, 4) is 11.4 Å². The minimum Gasteiger partial charge on any atom is -0.347 e. The van der Waals surface area contributed by atoms with Crippen LogP contribution in [0.15, 0.2) is 59.1 Å². The third-order valence-electron chi connectivity index (χ3n) is 5.05. The smallest absolute Gasteiger partial charge is 0.227 e. The molecule has 0 bridgehead atoms. The number of hydrogen-bond acceptors (Lipinski definition) is 4. The Bertz CT molecular complexity index is 918. The number of carbonyl (C=O) groups excluding carboxylic acids is 1. The fraction of sp³-hybridized carbons (Fsp3) is 0.286. The summed E-state index contributed by atoms with van der Waals surface area (Å²) in [6, 6.07) is 17.4. The van der Waals surface area contributed by atoms with E-state index in [-0.39, 0.29) is 11.4 Å². The van der Waals surface area contributed by atoms with Crippen LogP contribution in [-0.4, -0.2) is 16.0 Å². The number of aryl methyl sites for hydroxylation is 1. The van der Waals surface area contributed by atoms with Crippen LogP contribution in [0.25, 0.3) is 11.4 Å². The molecule has 1 heterocycles. The molecule has 0 radical (unpaired) electrons. The lowest BCUT2D eigenvalue weighted by molar-refractivity contribution is -0.124. The first kappa shape index (κ1) is 17.7. The van der Waals surface area contributed by atoms with Crippen LogP contribution in [0, 0.1) is 0 Å². The van der Waals surface area contributed by atoms with E-state index in [2.05, 4.69) is 27.6 Å². The van der Waals surface area contributed by atoms with E-state index in [1.165, 1.54) is 5.56 Å². The summed E-state index contributed by atoms with van der Waals surface area (Å²) in [6.45, 7) is 0. The Morgan fingerprint density at radius 2 is 1.85 bits per heavy atom. The third-order valence-corrected chi connectivity index (χ3v) is 5.30. The lowest BCUT2D eigenvalue weighted by Crippen LogP contribution is -2.50. The molecule has 1 aliphatic rings. The van der Waals surface area contributed by atoms with Gasteiger partial charge in [0.25, 0.3) is 0 Å². The lowest BCUT2D eigenvalue weighted by atomic mass is 9.71. The fourth-order valence-corrected chi connectivity index (χ4v) is 3.52. The molecule has 0 unspecified atom stereocenters. The second-order valence-electron chi connectivity index (χ2n) is 6.87. The summed E-state index contributed by atoms with van der Waals surface area (Å²) in [5.74, 6) is 0.962. The average Bonchev–Trinajstić information content (AvgIpc) is 3.13. The zero-order valence-electron chi connectivity index (χ0n) is 14.8. The molecule has 1 amide bonds. The molecule has 1 saturated carbocycles. The molecule has 5 nitrogen and oxygen atoms in total. The minimum absolute atomic E-state index is 0.00444. The van der Waals surface area contributed by atoms with Crippen molar-refractivity contribution in [2.24, 2.45) is 0 Å². The van der Waals surface area contributed by atoms with Gasteiger partial charge in [-0.2, -0.15) is 4.98 Å². The molecule has 0 aliphatic heterocycles. The van der Waals surface area contributed by atoms with Crippen LogP contribution in [0.1, 0.15) is 37.1 Å². The molecular weight excluding hydrogens is 362 g/mol. The second kappa shape index (κ2) is 7.53. The van der Waals surface area contributed by atoms with E-state index in [1.807, 2.05) is 30.3 Å². The van der Waals surface area contributed by atoms with Gasteiger partial charge in [0.2, 0.25) is 17.6 Å². The normalized spacial score (nSPS) is 15.1. The average molecular weight is 382 g/mol. The van der Waals surface area contributed by atoms with Gasteiger partial charge in [0.1, 0.15) is 0 Å². The maximum absolute atomic E-state index is 12.5. The summed E-state index contributed by atoms with van der Waals surface area (Å²) in [7, 11) is 0. The number of nitrogens with one attached hydrogen (secondary N) is 1. The summed E-state index contributed by atoms with van der Waals surface area (Å²) < 4.78 is 5.28. The largest absolute Gasteiger partial charge is 0.347 e. The Morgan fingerprint density at radius 1 is 1.11 bits per heavy atom. The Kier molecular flexibility index (Phi) is 4.94. The van der Waals surface area contributed by atoms with Gasteiger partial charge < -0.3 is 9.84 Å². The van der Waals surface area contributed by atoms with Gasteiger partial charge in [-0.25, -0.2) is 0 Å². The maximum atomic E-state index is 12.5. The number of rotatable bonds is 6. The molecule has 4 rings (SSSR count). The molecule has 3 aromatic rings. The van der Waals surface area contributed by atoms with E-state index in [0.717, 1.165) is 24.8 Å². The van der Waals surface area contributed by atoms with Gasteiger partial charge in [0.15, 0.2) is 0 Å². The first-order valence-electron chi connectivity index (χ1n) is 9.10. The molecule has 1 N–H and O–H groups in total. The lowest BCUT2D eigenvalue weighted by Gasteiger charge is -2.43. The number of hydrogen-bond donors (Lipinski definition) is 1. The highest BCUT2D eigenvalue weighted by Crippen LogP contribution is 2.41. The highest BCUT2D eigenvalue weighted by molar-refractivity contribution is 6.30. The number of aromatic nitrogens is 2. The molecule has 1 aliphatic carbocycles. The van der Waals surface area contributed by atoms with E-state index >= 15 is 0 Å². The fourth-order valence-electron chi connectivity index (χ4n) is 3.40. The van der Waals surface area contributed by atoms with Crippen molar-refractivity contribution < 1.29 is 9.32 Å². The number of amides is 1. The Hall–Kier alpha value is -2.66. The van der Waals surface area contributed by atoms with Gasteiger partial charge in [-0.05, 0) is 49.1 Å². The predicted molar refractivity (Wildman–Crippen MR) is 103 cm³/mol. The summed E-state index contributed by atoms with van der Waals surface area (Å²) in [5, 5.41) is 7.86. The number of nitrogens with zero attached hydrogens (tertiary/aromatic N) is 2. The molecule has 0 saturated heterocycles. The molecule has 0 spiro atoms. The van der Waals surface area contributed by atoms with Gasteiger partial charge in [-0.3, -0.25) is 4.79 Å². The van der Waals surface area contributed by atoms with Crippen LogP contribution < -0.4 is 5.32 Å².